The molecule has 0 spiro atoms. The van der Waals surface area contributed by atoms with Crippen molar-refractivity contribution in [2.75, 3.05) is 7.11 Å². The molecule has 0 bridgehead atoms. The lowest BCUT2D eigenvalue weighted by Gasteiger charge is -2.22. The van der Waals surface area contributed by atoms with Gasteiger partial charge in [-0.1, -0.05) is 11.6 Å². The van der Waals surface area contributed by atoms with Gasteiger partial charge >= 0.3 is 12.1 Å². The molecule has 1 aromatic rings. The summed E-state index contributed by atoms with van der Waals surface area (Å²) in [5, 5.41) is 2.24. The third-order valence-electron chi connectivity index (χ3n) is 2.47. The fourth-order valence-electron chi connectivity index (χ4n) is 1.59. The number of halogens is 2. The number of amides is 1. The van der Waals surface area contributed by atoms with E-state index < -0.39 is 29.7 Å². The first-order valence-electron chi connectivity index (χ1n) is 6.49. The van der Waals surface area contributed by atoms with E-state index in [0.717, 1.165) is 0 Å². The molecule has 0 unspecified atom stereocenters. The van der Waals surface area contributed by atoms with E-state index in [1.807, 2.05) is 0 Å². The Hall–Kier alpha value is -1.89. The summed E-state index contributed by atoms with van der Waals surface area (Å²) in [5.41, 5.74) is -0.233. The number of esters is 1. The minimum atomic E-state index is -0.997. The first-order valence-corrected chi connectivity index (χ1v) is 6.87. The number of hydrogen-bond donors (Lipinski definition) is 1. The molecule has 1 rings (SSSR count). The van der Waals surface area contributed by atoms with Crippen LogP contribution >= 0.6 is 11.6 Å². The fourth-order valence-corrected chi connectivity index (χ4v) is 1.78. The maximum Gasteiger partial charge on any atom is 0.408 e. The van der Waals surface area contributed by atoms with E-state index in [4.69, 9.17) is 16.3 Å². The van der Waals surface area contributed by atoms with E-state index in [1.165, 1.54) is 19.4 Å². The van der Waals surface area contributed by atoms with E-state index in [2.05, 4.69) is 15.0 Å². The molecule has 6 nitrogen and oxygen atoms in total. The smallest absolute Gasteiger partial charge is 0.408 e. The van der Waals surface area contributed by atoms with Gasteiger partial charge in [0.2, 0.25) is 5.95 Å². The van der Waals surface area contributed by atoms with Gasteiger partial charge in [-0.3, -0.25) is 0 Å². The average molecular weight is 333 g/mol. The number of nitrogens with zero attached hydrogens (tertiary/aromatic N) is 1. The molecule has 1 amide bonds. The van der Waals surface area contributed by atoms with Gasteiger partial charge in [0.1, 0.15) is 11.6 Å². The first-order chi connectivity index (χ1) is 10.1. The highest BCUT2D eigenvalue weighted by molar-refractivity contribution is 6.30. The molecule has 0 aliphatic carbocycles. The molecule has 1 N–H and O–H groups in total. The summed E-state index contributed by atoms with van der Waals surface area (Å²) in [4.78, 5) is 27.0. The topological polar surface area (TPSA) is 77.5 Å². The highest BCUT2D eigenvalue weighted by atomic mass is 35.5. The SMILES string of the molecule is COC(=O)[C@H](Cc1cnc(F)c(Cl)c1)NC(=O)OC(C)(C)C. The number of rotatable bonds is 4. The molecule has 0 saturated carbocycles. The minimum absolute atomic E-state index is 0.0406. The quantitative estimate of drug-likeness (QED) is 0.677. The van der Waals surface area contributed by atoms with E-state index in [9.17, 15) is 14.0 Å². The molecule has 0 saturated heterocycles. The number of alkyl carbamates (subject to hydrolysis) is 1. The Morgan fingerprint density at radius 3 is 2.59 bits per heavy atom. The van der Waals surface area contributed by atoms with Gasteiger partial charge in [0, 0.05) is 12.6 Å². The van der Waals surface area contributed by atoms with Crippen molar-refractivity contribution in [2.45, 2.75) is 38.8 Å². The van der Waals surface area contributed by atoms with Gasteiger partial charge in [0.25, 0.3) is 0 Å². The Kier molecular flexibility index (Phi) is 6.11. The second-order valence-electron chi connectivity index (χ2n) is 5.54. The number of methoxy groups -OCH3 is 1. The molecule has 1 atom stereocenters. The van der Waals surface area contributed by atoms with Crippen molar-refractivity contribution in [1.82, 2.24) is 10.3 Å². The van der Waals surface area contributed by atoms with Gasteiger partial charge in [0.05, 0.1) is 12.1 Å². The molecule has 1 aromatic heterocycles. The molecule has 8 heteroatoms. The van der Waals surface area contributed by atoms with Crippen molar-refractivity contribution in [2.24, 2.45) is 0 Å². The van der Waals surface area contributed by atoms with Gasteiger partial charge in [-0.05, 0) is 32.4 Å². The summed E-state index contributed by atoms with van der Waals surface area (Å²) < 4.78 is 22.7. The summed E-state index contributed by atoms with van der Waals surface area (Å²) >= 11 is 5.64. The zero-order chi connectivity index (χ0) is 16.9. The number of aromatic nitrogens is 1. The second-order valence-corrected chi connectivity index (χ2v) is 5.95. The van der Waals surface area contributed by atoms with E-state index in [0.29, 0.717) is 5.56 Å². The summed E-state index contributed by atoms with van der Waals surface area (Å²) in [7, 11) is 1.20. The standard InChI is InChI=1S/C14H18ClFN2O4/c1-14(2,3)22-13(20)18-10(12(19)21-4)6-8-5-9(15)11(16)17-7-8/h5,7,10H,6H2,1-4H3,(H,18,20)/t10-/m0/s1. The van der Waals surface area contributed by atoms with Crippen molar-refractivity contribution in [3.8, 4) is 0 Å². The summed E-state index contributed by atoms with van der Waals surface area (Å²) in [5.74, 6) is -1.47. The molecule has 22 heavy (non-hydrogen) atoms. The van der Waals surface area contributed by atoms with Crippen LogP contribution in [-0.2, 0) is 20.7 Å². The molecule has 122 valence electrons. The van der Waals surface area contributed by atoms with Crippen LogP contribution in [0.3, 0.4) is 0 Å². The zero-order valence-corrected chi connectivity index (χ0v) is 13.5. The molecule has 0 radical (unpaired) electrons. The number of nitrogens with one attached hydrogen (secondary N) is 1. The predicted octanol–water partition coefficient (Wildman–Crippen LogP) is 2.48. The van der Waals surface area contributed by atoms with Gasteiger partial charge in [-0.2, -0.15) is 4.39 Å². The Labute approximate surface area is 133 Å². The first kappa shape index (κ1) is 18.2. The van der Waals surface area contributed by atoms with Gasteiger partial charge in [0.15, 0.2) is 0 Å². The monoisotopic (exact) mass is 332 g/mol. The van der Waals surface area contributed by atoms with Crippen molar-refractivity contribution in [3.63, 3.8) is 0 Å². The van der Waals surface area contributed by atoms with Crippen molar-refractivity contribution < 1.29 is 23.5 Å². The molecule has 0 aliphatic rings. The molecule has 1 heterocycles. The largest absolute Gasteiger partial charge is 0.467 e. The van der Waals surface area contributed by atoms with Crippen LogP contribution in [0, 0.1) is 5.95 Å². The van der Waals surface area contributed by atoms with Crippen LogP contribution in [0.5, 0.6) is 0 Å². The van der Waals surface area contributed by atoms with Gasteiger partial charge in [-0.25, -0.2) is 14.6 Å². The normalized spacial score (nSPS) is 12.5. The summed E-state index contributed by atoms with van der Waals surface area (Å²) in [6.45, 7) is 5.09. The highest BCUT2D eigenvalue weighted by Crippen LogP contribution is 2.15. The summed E-state index contributed by atoms with van der Waals surface area (Å²) in [6, 6.07) is 0.333. The fraction of sp³-hybridized carbons (Fsp3) is 0.500. The third-order valence-corrected chi connectivity index (χ3v) is 2.73. The number of ether oxygens (including phenoxy) is 2. The Bertz CT molecular complexity index is 560. The van der Waals surface area contributed by atoms with Crippen molar-refractivity contribution in [3.05, 3.63) is 28.8 Å². The van der Waals surface area contributed by atoms with E-state index in [1.54, 1.807) is 20.8 Å². The maximum atomic E-state index is 13.0. The van der Waals surface area contributed by atoms with E-state index in [-0.39, 0.29) is 11.4 Å². The zero-order valence-electron chi connectivity index (χ0n) is 12.8. The number of carbonyl (C=O) groups is 2. The van der Waals surface area contributed by atoms with Crippen molar-refractivity contribution >= 4 is 23.7 Å². The van der Waals surface area contributed by atoms with Crippen LogP contribution in [-0.4, -0.2) is 35.8 Å². The second kappa shape index (κ2) is 7.40. The Balaban J connectivity index is 2.82. The third kappa shape index (κ3) is 5.85. The lowest BCUT2D eigenvalue weighted by Crippen LogP contribution is -2.45. The molecule has 0 fully saturated rings. The van der Waals surface area contributed by atoms with Crippen LogP contribution in [0.25, 0.3) is 0 Å². The van der Waals surface area contributed by atoms with Crippen LogP contribution < -0.4 is 5.32 Å². The minimum Gasteiger partial charge on any atom is -0.467 e. The number of carbonyl (C=O) groups excluding carboxylic acids is 2. The van der Waals surface area contributed by atoms with Crippen LogP contribution in [0.2, 0.25) is 5.02 Å². The van der Waals surface area contributed by atoms with Crippen molar-refractivity contribution in [1.29, 1.82) is 0 Å². The van der Waals surface area contributed by atoms with Gasteiger partial charge < -0.3 is 14.8 Å². The van der Waals surface area contributed by atoms with Crippen LogP contribution in [0.15, 0.2) is 12.3 Å². The predicted molar refractivity (Wildman–Crippen MR) is 78.1 cm³/mol. The highest BCUT2D eigenvalue weighted by Gasteiger charge is 2.25. The Morgan fingerprint density at radius 2 is 2.09 bits per heavy atom. The lowest BCUT2D eigenvalue weighted by atomic mass is 10.1. The number of pyridine rings is 1. The molecular formula is C14H18ClFN2O4. The van der Waals surface area contributed by atoms with Crippen LogP contribution in [0.1, 0.15) is 26.3 Å². The van der Waals surface area contributed by atoms with Crippen LogP contribution in [0.4, 0.5) is 9.18 Å². The Morgan fingerprint density at radius 1 is 1.45 bits per heavy atom. The molecule has 0 aliphatic heterocycles. The average Bonchev–Trinajstić information content (AvgIpc) is 2.39. The maximum absolute atomic E-state index is 13.0. The summed E-state index contributed by atoms with van der Waals surface area (Å²) in [6.07, 6.45) is 0.511. The van der Waals surface area contributed by atoms with Gasteiger partial charge in [-0.15, -0.1) is 0 Å². The van der Waals surface area contributed by atoms with E-state index >= 15 is 0 Å². The molecule has 0 aromatic carbocycles. The lowest BCUT2D eigenvalue weighted by molar-refractivity contribution is -0.143. The number of hydrogen-bond acceptors (Lipinski definition) is 5. The molecular weight excluding hydrogens is 315 g/mol.